The molecule has 1 N–H and O–H groups in total. The maximum atomic E-state index is 12.9. The van der Waals surface area contributed by atoms with Gasteiger partial charge in [0.25, 0.3) is 0 Å². The lowest BCUT2D eigenvalue weighted by Gasteiger charge is -2.34. The van der Waals surface area contributed by atoms with E-state index in [-0.39, 0.29) is 17.8 Å². The van der Waals surface area contributed by atoms with Crippen molar-refractivity contribution >= 4 is 11.7 Å². The zero-order valence-electron chi connectivity index (χ0n) is 13.6. The van der Waals surface area contributed by atoms with Gasteiger partial charge in [0.05, 0.1) is 0 Å². The highest BCUT2D eigenvalue weighted by atomic mass is 19.1. The molecule has 126 valence electrons. The van der Waals surface area contributed by atoms with Gasteiger partial charge in [-0.15, -0.1) is 0 Å². The van der Waals surface area contributed by atoms with Crippen LogP contribution in [0.2, 0.25) is 0 Å². The number of aromatic nitrogens is 1. The lowest BCUT2D eigenvalue weighted by molar-refractivity contribution is -0.121. The number of anilines is 1. The lowest BCUT2D eigenvalue weighted by Crippen LogP contribution is -2.48. The predicted molar refractivity (Wildman–Crippen MR) is 92.3 cm³/mol. The summed E-state index contributed by atoms with van der Waals surface area (Å²) >= 11 is 0. The molecule has 0 unspecified atom stereocenters. The average Bonchev–Trinajstić information content (AvgIpc) is 2.62. The first-order chi connectivity index (χ1) is 11.7. The summed E-state index contributed by atoms with van der Waals surface area (Å²) in [7, 11) is 0. The summed E-state index contributed by atoms with van der Waals surface area (Å²) in [6, 6.07) is 12.4. The van der Waals surface area contributed by atoms with Crippen molar-refractivity contribution in [2.45, 2.75) is 31.7 Å². The number of piperidine rings is 1. The molecule has 1 aliphatic heterocycles. The number of aryl methyl sites for hydroxylation is 1. The first-order valence-corrected chi connectivity index (χ1v) is 8.40. The van der Waals surface area contributed by atoms with Gasteiger partial charge in [-0.1, -0.05) is 18.2 Å². The van der Waals surface area contributed by atoms with Crippen molar-refractivity contribution in [3.63, 3.8) is 0 Å². The molecule has 2 aromatic rings. The Morgan fingerprint density at radius 3 is 2.83 bits per heavy atom. The minimum absolute atomic E-state index is 0.0483. The number of nitrogens with one attached hydrogen (secondary N) is 1. The fourth-order valence-electron chi connectivity index (χ4n) is 3.05. The number of carbonyl (C=O) groups is 1. The number of rotatable bonds is 5. The number of pyridine rings is 1. The van der Waals surface area contributed by atoms with E-state index >= 15 is 0 Å². The summed E-state index contributed by atoms with van der Waals surface area (Å²) in [6.45, 7) is 1.76. The molecule has 1 aliphatic rings. The Hall–Kier alpha value is -2.43. The van der Waals surface area contributed by atoms with E-state index in [1.54, 1.807) is 18.3 Å². The van der Waals surface area contributed by atoms with E-state index in [1.807, 2.05) is 18.2 Å². The van der Waals surface area contributed by atoms with Crippen LogP contribution in [-0.2, 0) is 11.2 Å². The summed E-state index contributed by atoms with van der Waals surface area (Å²) < 4.78 is 12.9. The maximum absolute atomic E-state index is 12.9. The molecule has 0 bridgehead atoms. The number of hydrogen-bond donors (Lipinski definition) is 1. The zero-order chi connectivity index (χ0) is 16.8. The summed E-state index contributed by atoms with van der Waals surface area (Å²) in [6.07, 6.45) is 4.87. The van der Waals surface area contributed by atoms with Crippen molar-refractivity contribution < 1.29 is 9.18 Å². The Balaban J connectivity index is 1.48. The Bertz CT molecular complexity index is 660. The number of benzene rings is 1. The number of amides is 1. The topological polar surface area (TPSA) is 45.2 Å². The monoisotopic (exact) mass is 327 g/mol. The van der Waals surface area contributed by atoms with Gasteiger partial charge in [-0.3, -0.25) is 4.79 Å². The van der Waals surface area contributed by atoms with Crippen LogP contribution in [0.3, 0.4) is 0 Å². The zero-order valence-corrected chi connectivity index (χ0v) is 13.6. The highest BCUT2D eigenvalue weighted by Crippen LogP contribution is 2.17. The molecule has 2 heterocycles. The highest BCUT2D eigenvalue weighted by Gasteiger charge is 2.22. The van der Waals surface area contributed by atoms with Crippen LogP contribution in [0.1, 0.15) is 24.8 Å². The number of hydrogen-bond acceptors (Lipinski definition) is 3. The second-order valence-corrected chi connectivity index (χ2v) is 6.17. The molecule has 0 saturated carbocycles. The summed E-state index contributed by atoms with van der Waals surface area (Å²) in [5.41, 5.74) is 0.977. The smallest absolute Gasteiger partial charge is 0.220 e. The molecule has 1 aromatic carbocycles. The minimum Gasteiger partial charge on any atom is -0.355 e. The van der Waals surface area contributed by atoms with Crippen LogP contribution >= 0.6 is 0 Å². The molecule has 5 heteroatoms. The quantitative estimate of drug-likeness (QED) is 0.918. The van der Waals surface area contributed by atoms with Crippen molar-refractivity contribution in [3.8, 4) is 0 Å². The molecule has 3 rings (SSSR count). The van der Waals surface area contributed by atoms with Gasteiger partial charge in [0.2, 0.25) is 5.91 Å². The lowest BCUT2D eigenvalue weighted by atomic mass is 10.0. The first kappa shape index (κ1) is 16.4. The maximum Gasteiger partial charge on any atom is 0.220 e. The van der Waals surface area contributed by atoms with Gasteiger partial charge in [-0.25, -0.2) is 9.37 Å². The molecular weight excluding hydrogens is 305 g/mol. The molecule has 0 aliphatic carbocycles. The first-order valence-electron chi connectivity index (χ1n) is 8.40. The van der Waals surface area contributed by atoms with Crippen molar-refractivity contribution in [2.24, 2.45) is 0 Å². The average molecular weight is 327 g/mol. The third-order valence-corrected chi connectivity index (χ3v) is 4.31. The summed E-state index contributed by atoms with van der Waals surface area (Å²) in [5, 5.41) is 3.12. The van der Waals surface area contributed by atoms with Crippen LogP contribution < -0.4 is 10.2 Å². The Labute approximate surface area is 141 Å². The second kappa shape index (κ2) is 7.90. The fourth-order valence-corrected chi connectivity index (χ4v) is 3.05. The molecule has 1 atom stereocenters. The standard InChI is InChI=1S/C19H22FN3O/c20-16-9-6-15(7-10-16)8-11-19(24)22-17-4-3-13-23(14-17)18-5-1-2-12-21-18/h1-2,5-7,9-10,12,17H,3-4,8,11,13-14H2,(H,22,24)/t17-/m0/s1. The molecule has 1 fully saturated rings. The largest absolute Gasteiger partial charge is 0.355 e. The van der Waals surface area contributed by atoms with E-state index in [2.05, 4.69) is 15.2 Å². The van der Waals surface area contributed by atoms with Gasteiger partial charge in [0.15, 0.2) is 0 Å². The highest BCUT2D eigenvalue weighted by molar-refractivity contribution is 5.76. The van der Waals surface area contributed by atoms with Crippen LogP contribution in [0.25, 0.3) is 0 Å². The summed E-state index contributed by atoms with van der Waals surface area (Å²) in [5.74, 6) is 0.759. The van der Waals surface area contributed by atoms with Gasteiger partial charge < -0.3 is 10.2 Å². The third kappa shape index (κ3) is 4.54. The molecule has 1 aromatic heterocycles. The Kier molecular flexibility index (Phi) is 5.41. The second-order valence-electron chi connectivity index (χ2n) is 6.17. The van der Waals surface area contributed by atoms with E-state index in [4.69, 9.17) is 0 Å². The SMILES string of the molecule is O=C(CCc1ccc(F)cc1)N[C@H]1CCCN(c2ccccn2)C1. The van der Waals surface area contributed by atoms with Crippen molar-refractivity contribution in [2.75, 3.05) is 18.0 Å². The van der Waals surface area contributed by atoms with E-state index in [1.165, 1.54) is 12.1 Å². The van der Waals surface area contributed by atoms with E-state index < -0.39 is 0 Å². The predicted octanol–water partition coefficient (Wildman–Crippen LogP) is 2.94. The van der Waals surface area contributed by atoms with E-state index in [9.17, 15) is 9.18 Å². The number of carbonyl (C=O) groups excluding carboxylic acids is 1. The molecule has 24 heavy (non-hydrogen) atoms. The molecular formula is C19H22FN3O. The summed E-state index contributed by atoms with van der Waals surface area (Å²) in [4.78, 5) is 18.8. The van der Waals surface area contributed by atoms with Crippen LogP contribution in [0, 0.1) is 5.82 Å². The van der Waals surface area contributed by atoms with E-state index in [0.29, 0.717) is 12.8 Å². The molecule has 0 spiro atoms. The van der Waals surface area contributed by atoms with Crippen LogP contribution in [0.5, 0.6) is 0 Å². The van der Waals surface area contributed by atoms with Gasteiger partial charge in [0.1, 0.15) is 11.6 Å². The van der Waals surface area contributed by atoms with Gasteiger partial charge in [-0.05, 0) is 49.1 Å². The molecule has 0 radical (unpaired) electrons. The minimum atomic E-state index is -0.250. The van der Waals surface area contributed by atoms with Crippen LogP contribution in [0.15, 0.2) is 48.7 Å². The van der Waals surface area contributed by atoms with Crippen molar-refractivity contribution in [1.82, 2.24) is 10.3 Å². The number of nitrogens with zero attached hydrogens (tertiary/aromatic N) is 2. The van der Waals surface area contributed by atoms with Crippen LogP contribution in [0.4, 0.5) is 10.2 Å². The van der Waals surface area contributed by atoms with Crippen molar-refractivity contribution in [1.29, 1.82) is 0 Å². The normalized spacial score (nSPS) is 17.5. The molecule has 1 amide bonds. The van der Waals surface area contributed by atoms with Crippen LogP contribution in [-0.4, -0.2) is 30.0 Å². The Morgan fingerprint density at radius 1 is 1.25 bits per heavy atom. The van der Waals surface area contributed by atoms with E-state index in [0.717, 1.165) is 37.3 Å². The third-order valence-electron chi connectivity index (χ3n) is 4.31. The number of halogens is 1. The van der Waals surface area contributed by atoms with Gasteiger partial charge in [-0.2, -0.15) is 0 Å². The Morgan fingerprint density at radius 2 is 2.08 bits per heavy atom. The van der Waals surface area contributed by atoms with Crippen molar-refractivity contribution in [3.05, 3.63) is 60.0 Å². The molecule has 4 nitrogen and oxygen atoms in total. The molecule has 1 saturated heterocycles. The van der Waals surface area contributed by atoms with Gasteiger partial charge >= 0.3 is 0 Å². The van der Waals surface area contributed by atoms with Gasteiger partial charge in [0, 0.05) is 31.7 Å². The fraction of sp³-hybridized carbons (Fsp3) is 0.368.